The molecule has 0 spiro atoms. The number of fused-ring (bicyclic) bond motifs is 1. The Kier molecular flexibility index (Phi) is 3.21. The van der Waals surface area contributed by atoms with Crippen LogP contribution in [0.2, 0.25) is 0 Å². The number of pyridine rings is 1. The third-order valence-electron chi connectivity index (χ3n) is 3.10. The van der Waals surface area contributed by atoms with E-state index in [1.165, 1.54) is 12.1 Å². The molecule has 0 saturated heterocycles. The lowest BCUT2D eigenvalue weighted by atomic mass is 10.2. The Hall–Kier alpha value is -2.62. The van der Waals surface area contributed by atoms with Crippen LogP contribution in [-0.4, -0.2) is 10.1 Å². The molecule has 3 nitrogen and oxygen atoms in total. The van der Waals surface area contributed by atoms with Crippen LogP contribution >= 0.6 is 0 Å². The summed E-state index contributed by atoms with van der Waals surface area (Å²) in [5.74, 6) is -0.943. The molecule has 0 atom stereocenters. The lowest BCUT2D eigenvalue weighted by Crippen LogP contribution is -2.00. The highest BCUT2D eigenvalue weighted by Crippen LogP contribution is 2.19. The van der Waals surface area contributed by atoms with Gasteiger partial charge in [0, 0.05) is 11.9 Å². The van der Waals surface area contributed by atoms with E-state index < -0.39 is 5.82 Å². The van der Waals surface area contributed by atoms with Crippen molar-refractivity contribution in [1.82, 2.24) is 4.98 Å². The van der Waals surface area contributed by atoms with Gasteiger partial charge in [-0.05, 0) is 29.8 Å². The SMILES string of the molecule is Oc1ccc(CNc2cnc3ccccc3c2)cc1F. The fourth-order valence-corrected chi connectivity index (χ4v) is 2.03. The van der Waals surface area contributed by atoms with Gasteiger partial charge in [-0.3, -0.25) is 4.98 Å². The molecule has 4 heteroatoms. The molecule has 0 unspecified atom stereocenters. The molecular weight excluding hydrogens is 255 g/mol. The Morgan fingerprint density at radius 3 is 2.80 bits per heavy atom. The van der Waals surface area contributed by atoms with E-state index in [1.807, 2.05) is 30.3 Å². The highest BCUT2D eigenvalue weighted by molar-refractivity contribution is 5.81. The average Bonchev–Trinajstić information content (AvgIpc) is 2.48. The minimum Gasteiger partial charge on any atom is -0.505 e. The van der Waals surface area contributed by atoms with Crippen molar-refractivity contribution in [2.75, 3.05) is 5.32 Å². The van der Waals surface area contributed by atoms with Crippen molar-refractivity contribution in [2.24, 2.45) is 0 Å². The normalized spacial score (nSPS) is 10.7. The van der Waals surface area contributed by atoms with Crippen LogP contribution in [0.15, 0.2) is 54.7 Å². The number of para-hydroxylation sites is 1. The second-order valence-corrected chi connectivity index (χ2v) is 4.56. The van der Waals surface area contributed by atoms with Gasteiger partial charge in [-0.15, -0.1) is 0 Å². The van der Waals surface area contributed by atoms with E-state index in [0.717, 1.165) is 22.2 Å². The maximum Gasteiger partial charge on any atom is 0.165 e. The van der Waals surface area contributed by atoms with E-state index in [1.54, 1.807) is 12.3 Å². The van der Waals surface area contributed by atoms with Gasteiger partial charge in [-0.2, -0.15) is 0 Å². The molecular formula is C16H13FN2O. The van der Waals surface area contributed by atoms with Gasteiger partial charge in [0.15, 0.2) is 11.6 Å². The molecule has 1 heterocycles. The van der Waals surface area contributed by atoms with E-state index in [4.69, 9.17) is 5.11 Å². The molecule has 0 fully saturated rings. The number of nitrogens with zero attached hydrogens (tertiary/aromatic N) is 1. The minimum atomic E-state index is -0.610. The zero-order valence-electron chi connectivity index (χ0n) is 10.7. The van der Waals surface area contributed by atoms with Crippen molar-refractivity contribution in [1.29, 1.82) is 0 Å². The summed E-state index contributed by atoms with van der Waals surface area (Å²) in [6, 6.07) is 14.2. The lowest BCUT2D eigenvalue weighted by molar-refractivity contribution is 0.432. The quantitative estimate of drug-likeness (QED) is 0.761. The zero-order valence-corrected chi connectivity index (χ0v) is 10.7. The molecule has 100 valence electrons. The van der Waals surface area contributed by atoms with Gasteiger partial charge < -0.3 is 10.4 Å². The monoisotopic (exact) mass is 268 g/mol. The van der Waals surface area contributed by atoms with Crippen LogP contribution in [0.5, 0.6) is 5.75 Å². The highest BCUT2D eigenvalue weighted by Gasteiger charge is 2.02. The van der Waals surface area contributed by atoms with Gasteiger partial charge in [0.1, 0.15) is 0 Å². The summed E-state index contributed by atoms with van der Waals surface area (Å²) in [7, 11) is 0. The van der Waals surface area contributed by atoms with Crippen LogP contribution < -0.4 is 5.32 Å². The summed E-state index contributed by atoms with van der Waals surface area (Å²) in [5, 5.41) is 13.4. The van der Waals surface area contributed by atoms with Crippen molar-refractivity contribution in [3.63, 3.8) is 0 Å². The topological polar surface area (TPSA) is 45.1 Å². The lowest BCUT2D eigenvalue weighted by Gasteiger charge is -2.08. The fourth-order valence-electron chi connectivity index (χ4n) is 2.03. The summed E-state index contributed by atoms with van der Waals surface area (Å²) in [4.78, 5) is 4.35. The summed E-state index contributed by atoms with van der Waals surface area (Å²) in [5.41, 5.74) is 2.57. The molecule has 0 aliphatic rings. The predicted octanol–water partition coefficient (Wildman–Crippen LogP) is 3.69. The summed E-state index contributed by atoms with van der Waals surface area (Å²) in [6.45, 7) is 0.469. The molecule has 1 aromatic heterocycles. The molecule has 3 rings (SSSR count). The van der Waals surface area contributed by atoms with Crippen molar-refractivity contribution in [2.45, 2.75) is 6.54 Å². The zero-order chi connectivity index (χ0) is 13.9. The summed E-state index contributed by atoms with van der Waals surface area (Å²) >= 11 is 0. The van der Waals surface area contributed by atoms with E-state index >= 15 is 0 Å². The van der Waals surface area contributed by atoms with E-state index in [9.17, 15) is 4.39 Å². The molecule has 2 aromatic carbocycles. The van der Waals surface area contributed by atoms with Crippen molar-refractivity contribution in [3.05, 3.63) is 66.1 Å². The van der Waals surface area contributed by atoms with Crippen LogP contribution in [0.4, 0.5) is 10.1 Å². The molecule has 0 aliphatic carbocycles. The van der Waals surface area contributed by atoms with Gasteiger partial charge in [-0.25, -0.2) is 4.39 Å². The Bertz CT molecular complexity index is 758. The Labute approximate surface area is 115 Å². The number of phenolic OH excluding ortho intramolecular Hbond substituents is 1. The Morgan fingerprint density at radius 1 is 1.10 bits per heavy atom. The van der Waals surface area contributed by atoms with Gasteiger partial charge >= 0.3 is 0 Å². The molecule has 0 aliphatic heterocycles. The minimum absolute atomic E-state index is 0.332. The molecule has 20 heavy (non-hydrogen) atoms. The van der Waals surface area contributed by atoms with Crippen LogP contribution in [0.3, 0.4) is 0 Å². The number of anilines is 1. The number of hydrogen-bond donors (Lipinski definition) is 2. The summed E-state index contributed by atoms with van der Waals surface area (Å²) < 4.78 is 13.2. The second-order valence-electron chi connectivity index (χ2n) is 4.56. The molecule has 0 amide bonds. The Balaban J connectivity index is 1.77. The van der Waals surface area contributed by atoms with Crippen molar-refractivity contribution < 1.29 is 9.50 Å². The number of hydrogen-bond acceptors (Lipinski definition) is 3. The van der Waals surface area contributed by atoms with Crippen LogP contribution in [-0.2, 0) is 6.54 Å². The molecule has 0 radical (unpaired) electrons. The first kappa shape index (κ1) is 12.4. The standard InChI is InChI=1S/C16H13FN2O/c17-14-7-11(5-6-16(14)20)9-18-13-8-12-3-1-2-4-15(12)19-10-13/h1-8,10,18,20H,9H2. The molecule has 2 N–H and O–H groups in total. The van der Waals surface area contributed by atoms with Gasteiger partial charge in [0.25, 0.3) is 0 Å². The number of benzene rings is 2. The third kappa shape index (κ3) is 2.54. The highest BCUT2D eigenvalue weighted by atomic mass is 19.1. The first-order valence-corrected chi connectivity index (χ1v) is 6.28. The van der Waals surface area contributed by atoms with Crippen molar-refractivity contribution >= 4 is 16.6 Å². The smallest absolute Gasteiger partial charge is 0.165 e. The van der Waals surface area contributed by atoms with Gasteiger partial charge in [-0.1, -0.05) is 24.3 Å². The number of halogens is 1. The van der Waals surface area contributed by atoms with E-state index in [2.05, 4.69) is 10.3 Å². The first-order chi connectivity index (χ1) is 9.72. The van der Waals surface area contributed by atoms with Crippen LogP contribution in [0.25, 0.3) is 10.9 Å². The largest absolute Gasteiger partial charge is 0.505 e. The fraction of sp³-hybridized carbons (Fsp3) is 0.0625. The maximum atomic E-state index is 13.2. The van der Waals surface area contributed by atoms with E-state index in [-0.39, 0.29) is 5.75 Å². The van der Waals surface area contributed by atoms with Crippen molar-refractivity contribution in [3.8, 4) is 5.75 Å². The first-order valence-electron chi connectivity index (χ1n) is 6.28. The number of phenols is 1. The summed E-state index contributed by atoms with van der Waals surface area (Å²) in [6.07, 6.45) is 1.75. The molecule has 0 bridgehead atoms. The van der Waals surface area contributed by atoms with E-state index in [0.29, 0.717) is 6.54 Å². The Morgan fingerprint density at radius 2 is 1.95 bits per heavy atom. The number of rotatable bonds is 3. The maximum absolute atomic E-state index is 13.2. The van der Waals surface area contributed by atoms with Gasteiger partial charge in [0.05, 0.1) is 17.4 Å². The average molecular weight is 268 g/mol. The number of nitrogens with one attached hydrogen (secondary N) is 1. The molecule has 0 saturated carbocycles. The van der Waals surface area contributed by atoms with Gasteiger partial charge in [0.2, 0.25) is 0 Å². The van der Waals surface area contributed by atoms with Crippen LogP contribution in [0.1, 0.15) is 5.56 Å². The predicted molar refractivity (Wildman–Crippen MR) is 77.1 cm³/mol. The second kappa shape index (κ2) is 5.17. The third-order valence-corrected chi connectivity index (χ3v) is 3.10. The number of aromatic nitrogens is 1. The van der Waals surface area contributed by atoms with Crippen LogP contribution in [0, 0.1) is 5.82 Å². The number of aromatic hydroxyl groups is 1. The molecule has 3 aromatic rings.